The van der Waals surface area contributed by atoms with Crippen LogP contribution < -0.4 is 0 Å². The molecule has 0 aliphatic rings. The van der Waals surface area contributed by atoms with Crippen molar-refractivity contribution in [2.45, 2.75) is 0 Å². The summed E-state index contributed by atoms with van der Waals surface area (Å²) >= 11 is 0. The van der Waals surface area contributed by atoms with Gasteiger partial charge in [0.05, 0.1) is 18.6 Å². The Kier molecular flexibility index (Phi) is 6.47. The smallest absolute Gasteiger partial charge is 0.180 e. The summed E-state index contributed by atoms with van der Waals surface area (Å²) in [4.78, 5) is 10.9. The molecule has 0 spiro atoms. The standard InChI is InChI=1S/C4H4N2.C3H3NO.C2H3N3/c1-2-5-4-6-3-1;1-2-5-3-4-1;1-2-4-5-3-1/h1-4H;1-3H;1-2H,(H,3,4,5). The molecule has 0 fully saturated rings. The second-order valence-electron chi connectivity index (χ2n) is 2.24. The first-order chi connectivity index (χ1) is 8.00. The van der Waals surface area contributed by atoms with E-state index in [1.807, 2.05) is 0 Å². The third-order valence-corrected chi connectivity index (χ3v) is 1.16. The molecule has 7 heteroatoms. The Morgan fingerprint density at radius 1 is 0.812 bits per heavy atom. The zero-order valence-corrected chi connectivity index (χ0v) is 8.34. The summed E-state index contributed by atoms with van der Waals surface area (Å²) in [6.07, 6.45) is 12.5. The van der Waals surface area contributed by atoms with E-state index in [-0.39, 0.29) is 0 Å². The van der Waals surface area contributed by atoms with Crippen molar-refractivity contribution in [3.8, 4) is 0 Å². The maximum atomic E-state index is 4.47. The van der Waals surface area contributed by atoms with Gasteiger partial charge >= 0.3 is 0 Å². The van der Waals surface area contributed by atoms with Gasteiger partial charge in [-0.1, -0.05) is 0 Å². The average Bonchev–Trinajstić information content (AvgIpc) is 3.10. The Morgan fingerprint density at radius 2 is 1.56 bits per heavy atom. The van der Waals surface area contributed by atoms with Gasteiger partial charge in [0.25, 0.3) is 0 Å². The van der Waals surface area contributed by atoms with Crippen molar-refractivity contribution in [2.75, 3.05) is 0 Å². The highest BCUT2D eigenvalue weighted by Gasteiger charge is 1.60. The van der Waals surface area contributed by atoms with E-state index < -0.39 is 0 Å². The fourth-order valence-corrected chi connectivity index (χ4v) is 0.596. The SMILES string of the molecule is c1cn[nH]n1.c1cncnc1.c1cocn1. The first-order valence-corrected chi connectivity index (χ1v) is 4.32. The molecule has 0 atom stereocenters. The molecule has 0 amide bonds. The van der Waals surface area contributed by atoms with E-state index in [0.29, 0.717) is 0 Å². The van der Waals surface area contributed by atoms with Gasteiger partial charge in [0.1, 0.15) is 12.6 Å². The van der Waals surface area contributed by atoms with Gasteiger partial charge in [0.15, 0.2) is 6.39 Å². The summed E-state index contributed by atoms with van der Waals surface area (Å²) in [7, 11) is 0. The highest BCUT2D eigenvalue weighted by molar-refractivity contribution is 4.74. The number of aromatic amines is 1. The van der Waals surface area contributed by atoms with Gasteiger partial charge in [-0.15, -0.1) is 0 Å². The molecule has 0 aliphatic heterocycles. The van der Waals surface area contributed by atoms with Crippen LogP contribution in [0.3, 0.4) is 0 Å². The number of nitrogens with one attached hydrogen (secondary N) is 1. The monoisotopic (exact) mass is 218 g/mol. The van der Waals surface area contributed by atoms with Crippen LogP contribution in [0.25, 0.3) is 0 Å². The molecular formula is C9H10N6O. The maximum Gasteiger partial charge on any atom is 0.180 e. The van der Waals surface area contributed by atoms with Gasteiger partial charge in [-0.3, -0.25) is 0 Å². The molecule has 1 N–H and O–H groups in total. The van der Waals surface area contributed by atoms with Gasteiger partial charge in [-0.2, -0.15) is 15.4 Å². The van der Waals surface area contributed by atoms with Gasteiger partial charge in [0, 0.05) is 12.4 Å². The summed E-state index contributed by atoms with van der Waals surface area (Å²) < 4.78 is 4.47. The van der Waals surface area contributed by atoms with Gasteiger partial charge in [0.2, 0.25) is 0 Å². The topological polar surface area (TPSA) is 93.4 Å². The molecule has 0 radical (unpaired) electrons. The van der Waals surface area contributed by atoms with Crippen LogP contribution in [0.4, 0.5) is 0 Å². The average molecular weight is 218 g/mol. The fraction of sp³-hybridized carbons (Fsp3) is 0. The molecule has 3 heterocycles. The van der Waals surface area contributed by atoms with Crippen molar-refractivity contribution < 1.29 is 4.42 Å². The molecule has 0 saturated carbocycles. The number of nitrogens with zero attached hydrogens (tertiary/aromatic N) is 5. The Bertz CT molecular complexity index is 311. The number of oxazole rings is 1. The Balaban J connectivity index is 0.000000121. The molecule has 0 bridgehead atoms. The molecule has 0 aliphatic carbocycles. The van der Waals surface area contributed by atoms with Crippen LogP contribution in [0.2, 0.25) is 0 Å². The predicted molar refractivity (Wildman–Crippen MR) is 54.9 cm³/mol. The molecule has 82 valence electrons. The summed E-state index contributed by atoms with van der Waals surface area (Å²) in [5, 5.41) is 9.33. The zero-order chi connectivity index (χ0) is 11.3. The molecule has 0 unspecified atom stereocenters. The highest BCUT2D eigenvalue weighted by atomic mass is 16.3. The zero-order valence-electron chi connectivity index (χ0n) is 8.34. The van der Waals surface area contributed by atoms with Crippen LogP contribution in [0, 0.1) is 0 Å². The lowest BCUT2D eigenvalue weighted by Gasteiger charge is -1.70. The number of hydrogen-bond donors (Lipinski definition) is 1. The van der Waals surface area contributed by atoms with E-state index in [0.717, 1.165) is 0 Å². The minimum absolute atomic E-state index is 1.38. The van der Waals surface area contributed by atoms with Crippen molar-refractivity contribution in [1.29, 1.82) is 0 Å². The molecule has 16 heavy (non-hydrogen) atoms. The van der Waals surface area contributed by atoms with E-state index in [9.17, 15) is 0 Å². The summed E-state index contributed by atoms with van der Waals surface area (Å²) in [6, 6.07) is 1.78. The molecule has 0 aromatic carbocycles. The molecule has 0 saturated heterocycles. The summed E-state index contributed by atoms with van der Waals surface area (Å²) in [5.41, 5.74) is 0. The highest BCUT2D eigenvalue weighted by Crippen LogP contribution is 1.72. The molecule has 7 nitrogen and oxygen atoms in total. The van der Waals surface area contributed by atoms with E-state index in [2.05, 4.69) is 34.8 Å². The van der Waals surface area contributed by atoms with Crippen LogP contribution in [0.1, 0.15) is 0 Å². The lowest BCUT2D eigenvalue weighted by molar-refractivity contribution is 0.558. The van der Waals surface area contributed by atoms with E-state index in [1.165, 1.54) is 19.0 Å². The van der Waals surface area contributed by atoms with Crippen molar-refractivity contribution in [3.63, 3.8) is 0 Å². The van der Waals surface area contributed by atoms with Crippen LogP contribution in [-0.2, 0) is 0 Å². The van der Waals surface area contributed by atoms with Crippen LogP contribution in [0.5, 0.6) is 0 Å². The number of aromatic nitrogens is 6. The second-order valence-corrected chi connectivity index (χ2v) is 2.24. The van der Waals surface area contributed by atoms with Gasteiger partial charge < -0.3 is 4.42 Å². The quantitative estimate of drug-likeness (QED) is 0.604. The number of hydrogen-bond acceptors (Lipinski definition) is 6. The van der Waals surface area contributed by atoms with Crippen molar-refractivity contribution >= 4 is 0 Å². The number of H-pyrrole nitrogens is 1. The van der Waals surface area contributed by atoms with Crippen LogP contribution in [-0.4, -0.2) is 30.4 Å². The van der Waals surface area contributed by atoms with E-state index in [4.69, 9.17) is 0 Å². The third kappa shape index (κ3) is 6.89. The largest absolute Gasteiger partial charge is 0.452 e. The van der Waals surface area contributed by atoms with Gasteiger partial charge in [-0.25, -0.2) is 15.0 Å². The Hall–Kier alpha value is -2.57. The van der Waals surface area contributed by atoms with E-state index in [1.54, 1.807) is 37.1 Å². The Morgan fingerprint density at radius 3 is 1.75 bits per heavy atom. The minimum Gasteiger partial charge on any atom is -0.452 e. The lowest BCUT2D eigenvalue weighted by atomic mass is 10.7. The van der Waals surface area contributed by atoms with Crippen molar-refractivity contribution in [1.82, 2.24) is 30.4 Å². The van der Waals surface area contributed by atoms with Crippen LogP contribution >= 0.6 is 0 Å². The first-order valence-electron chi connectivity index (χ1n) is 4.32. The Labute approximate surface area is 91.6 Å². The van der Waals surface area contributed by atoms with E-state index >= 15 is 0 Å². The fourth-order valence-electron chi connectivity index (χ4n) is 0.596. The second kappa shape index (κ2) is 9.00. The van der Waals surface area contributed by atoms with Gasteiger partial charge in [-0.05, 0) is 6.07 Å². The maximum absolute atomic E-state index is 4.47. The molecule has 3 rings (SSSR count). The normalized spacial score (nSPS) is 8.00. The summed E-state index contributed by atoms with van der Waals surface area (Å²) in [6.45, 7) is 0. The number of rotatable bonds is 0. The molecular weight excluding hydrogens is 208 g/mol. The van der Waals surface area contributed by atoms with Crippen molar-refractivity contribution in [2.24, 2.45) is 0 Å². The molecule has 3 aromatic heterocycles. The lowest BCUT2D eigenvalue weighted by Crippen LogP contribution is -1.66. The summed E-state index contributed by atoms with van der Waals surface area (Å²) in [5.74, 6) is 0. The predicted octanol–water partition coefficient (Wildman–Crippen LogP) is 0.956. The first kappa shape index (κ1) is 11.5. The third-order valence-electron chi connectivity index (χ3n) is 1.16. The van der Waals surface area contributed by atoms with Crippen molar-refractivity contribution in [3.05, 3.63) is 56.0 Å². The minimum atomic E-state index is 1.38. The molecule has 3 aromatic rings. The van der Waals surface area contributed by atoms with Crippen LogP contribution in [0.15, 0.2) is 60.5 Å².